The SMILES string of the molecule is CN=C(NCCNS(=O)(=O)c1ccn(C)c1)N(C)CCOCC1CC1.I. The quantitative estimate of drug-likeness (QED) is 0.216. The average molecular weight is 499 g/mol. The van der Waals surface area contributed by atoms with Gasteiger partial charge in [0.2, 0.25) is 10.0 Å². The van der Waals surface area contributed by atoms with Gasteiger partial charge in [-0.15, -0.1) is 24.0 Å². The van der Waals surface area contributed by atoms with Crippen LogP contribution in [0.25, 0.3) is 0 Å². The van der Waals surface area contributed by atoms with Crippen LogP contribution in [0.4, 0.5) is 0 Å². The van der Waals surface area contributed by atoms with Gasteiger partial charge in [0.25, 0.3) is 0 Å². The molecule has 1 heterocycles. The van der Waals surface area contributed by atoms with Crippen LogP contribution in [0.1, 0.15) is 12.8 Å². The molecule has 0 radical (unpaired) electrons. The zero-order valence-electron chi connectivity index (χ0n) is 15.6. The molecule has 10 heteroatoms. The molecule has 0 aliphatic heterocycles. The number of rotatable bonds is 10. The Kier molecular flexibility index (Phi) is 9.90. The first-order chi connectivity index (χ1) is 11.9. The number of aryl methyl sites for hydroxylation is 1. The van der Waals surface area contributed by atoms with Gasteiger partial charge in [0.1, 0.15) is 0 Å². The molecule has 2 N–H and O–H groups in total. The molecule has 150 valence electrons. The molecule has 26 heavy (non-hydrogen) atoms. The van der Waals surface area contributed by atoms with E-state index in [0.717, 1.165) is 19.1 Å². The molecule has 1 fully saturated rings. The number of ether oxygens (including phenoxy) is 1. The predicted molar refractivity (Wildman–Crippen MR) is 114 cm³/mol. The van der Waals surface area contributed by atoms with E-state index in [1.165, 1.54) is 12.8 Å². The summed E-state index contributed by atoms with van der Waals surface area (Å²) in [7, 11) is 1.96. The lowest BCUT2D eigenvalue weighted by atomic mass is 10.5. The molecule has 0 saturated heterocycles. The normalized spacial score (nSPS) is 14.8. The summed E-state index contributed by atoms with van der Waals surface area (Å²) >= 11 is 0. The smallest absolute Gasteiger partial charge is 0.242 e. The fourth-order valence-electron chi connectivity index (χ4n) is 2.31. The predicted octanol–water partition coefficient (Wildman–Crippen LogP) is 0.855. The zero-order valence-corrected chi connectivity index (χ0v) is 18.8. The van der Waals surface area contributed by atoms with E-state index in [1.807, 2.05) is 11.9 Å². The van der Waals surface area contributed by atoms with Crippen molar-refractivity contribution in [1.82, 2.24) is 19.5 Å². The number of halogens is 1. The topological polar surface area (TPSA) is 88.0 Å². The zero-order chi connectivity index (χ0) is 18.3. The summed E-state index contributed by atoms with van der Waals surface area (Å²) in [6, 6.07) is 1.57. The summed E-state index contributed by atoms with van der Waals surface area (Å²) in [6.45, 7) is 2.98. The summed E-state index contributed by atoms with van der Waals surface area (Å²) in [6.07, 6.45) is 5.86. The molecule has 0 aromatic carbocycles. The van der Waals surface area contributed by atoms with Crippen LogP contribution in [0.2, 0.25) is 0 Å². The summed E-state index contributed by atoms with van der Waals surface area (Å²) in [5, 5.41) is 3.15. The maximum atomic E-state index is 12.1. The van der Waals surface area contributed by atoms with Gasteiger partial charge in [-0.3, -0.25) is 4.99 Å². The van der Waals surface area contributed by atoms with Crippen molar-refractivity contribution in [2.75, 3.05) is 46.9 Å². The second-order valence-electron chi connectivity index (χ2n) is 6.32. The van der Waals surface area contributed by atoms with Crippen molar-refractivity contribution in [1.29, 1.82) is 0 Å². The van der Waals surface area contributed by atoms with Gasteiger partial charge in [-0.05, 0) is 24.8 Å². The number of aromatic nitrogens is 1. The van der Waals surface area contributed by atoms with Crippen LogP contribution in [-0.2, 0) is 21.8 Å². The van der Waals surface area contributed by atoms with Crippen LogP contribution >= 0.6 is 24.0 Å². The van der Waals surface area contributed by atoms with Crippen molar-refractivity contribution in [3.05, 3.63) is 18.5 Å². The minimum absolute atomic E-state index is 0. The monoisotopic (exact) mass is 499 g/mol. The third-order valence-corrected chi connectivity index (χ3v) is 5.46. The van der Waals surface area contributed by atoms with Crippen LogP contribution in [0.15, 0.2) is 28.3 Å². The van der Waals surface area contributed by atoms with Gasteiger partial charge in [-0.25, -0.2) is 13.1 Å². The number of aliphatic imine (C=N–C) groups is 1. The van der Waals surface area contributed by atoms with Crippen LogP contribution in [0, 0.1) is 5.92 Å². The van der Waals surface area contributed by atoms with Crippen molar-refractivity contribution in [3.63, 3.8) is 0 Å². The molecular weight excluding hydrogens is 469 g/mol. The lowest BCUT2D eigenvalue weighted by Gasteiger charge is -2.22. The van der Waals surface area contributed by atoms with Crippen LogP contribution < -0.4 is 10.0 Å². The highest BCUT2D eigenvalue weighted by Crippen LogP contribution is 2.28. The largest absolute Gasteiger partial charge is 0.379 e. The van der Waals surface area contributed by atoms with E-state index in [1.54, 1.807) is 37.1 Å². The van der Waals surface area contributed by atoms with Crippen molar-refractivity contribution in [2.45, 2.75) is 17.7 Å². The molecule has 8 nitrogen and oxygen atoms in total. The summed E-state index contributed by atoms with van der Waals surface area (Å²) in [5.41, 5.74) is 0. The fourth-order valence-corrected chi connectivity index (χ4v) is 3.39. The molecule has 1 aliphatic carbocycles. The van der Waals surface area contributed by atoms with Crippen LogP contribution in [-0.4, -0.2) is 70.8 Å². The van der Waals surface area contributed by atoms with E-state index in [2.05, 4.69) is 15.0 Å². The summed E-state index contributed by atoms with van der Waals surface area (Å²) < 4.78 is 34.1. The Bertz CT molecular complexity index is 673. The number of likely N-dealkylation sites (N-methyl/N-ethyl adjacent to an activating group) is 1. The van der Waals surface area contributed by atoms with Crippen molar-refractivity contribution in [3.8, 4) is 0 Å². The standard InChI is InChI=1S/C16H29N5O3S.HI/c1-17-16(21(3)10-11-24-13-14-4-5-14)18-7-8-19-25(22,23)15-6-9-20(2)12-15;/h6,9,12,14,19H,4-5,7-8,10-11,13H2,1-3H3,(H,17,18);1H. The first kappa shape index (κ1) is 23.2. The third-order valence-electron chi connectivity index (χ3n) is 4.01. The van der Waals surface area contributed by atoms with Gasteiger partial charge in [-0.1, -0.05) is 0 Å². The molecule has 1 aromatic heterocycles. The van der Waals surface area contributed by atoms with E-state index in [-0.39, 0.29) is 35.4 Å². The van der Waals surface area contributed by atoms with Gasteiger partial charge in [0.05, 0.1) is 11.5 Å². The summed E-state index contributed by atoms with van der Waals surface area (Å²) in [4.78, 5) is 6.44. The highest BCUT2D eigenvalue weighted by atomic mass is 127. The Hall–Kier alpha value is -0.850. The average Bonchev–Trinajstić information content (AvgIpc) is 3.29. The minimum Gasteiger partial charge on any atom is -0.379 e. The number of nitrogens with zero attached hydrogens (tertiary/aromatic N) is 3. The van der Waals surface area contributed by atoms with Gasteiger partial charge in [0, 0.05) is 59.8 Å². The Labute approximate surface area is 173 Å². The molecule has 0 bridgehead atoms. The first-order valence-electron chi connectivity index (χ1n) is 8.53. The van der Waals surface area contributed by atoms with Gasteiger partial charge < -0.3 is 19.5 Å². The molecule has 1 aromatic rings. The Morgan fingerprint density at radius 1 is 1.42 bits per heavy atom. The molecular formula is C16H30IN5O3S. The van der Waals surface area contributed by atoms with Gasteiger partial charge in [0.15, 0.2) is 5.96 Å². The van der Waals surface area contributed by atoms with E-state index >= 15 is 0 Å². The molecule has 0 spiro atoms. The summed E-state index contributed by atoms with van der Waals surface area (Å²) in [5.74, 6) is 1.48. The van der Waals surface area contributed by atoms with Gasteiger partial charge >= 0.3 is 0 Å². The molecule has 2 rings (SSSR count). The maximum Gasteiger partial charge on any atom is 0.242 e. The maximum absolute atomic E-state index is 12.1. The van der Waals surface area contributed by atoms with E-state index in [9.17, 15) is 8.42 Å². The molecule has 0 unspecified atom stereocenters. The lowest BCUT2D eigenvalue weighted by molar-refractivity contribution is 0.115. The van der Waals surface area contributed by atoms with E-state index in [4.69, 9.17) is 4.74 Å². The van der Waals surface area contributed by atoms with E-state index in [0.29, 0.717) is 19.1 Å². The Morgan fingerprint density at radius 3 is 2.73 bits per heavy atom. The number of guanidine groups is 1. The van der Waals surface area contributed by atoms with Gasteiger partial charge in [-0.2, -0.15) is 0 Å². The highest BCUT2D eigenvalue weighted by molar-refractivity contribution is 14.0. The van der Waals surface area contributed by atoms with Crippen molar-refractivity contribution < 1.29 is 13.2 Å². The number of nitrogens with one attached hydrogen (secondary N) is 2. The second-order valence-corrected chi connectivity index (χ2v) is 8.09. The van der Waals surface area contributed by atoms with Crippen LogP contribution in [0.3, 0.4) is 0 Å². The van der Waals surface area contributed by atoms with Crippen LogP contribution in [0.5, 0.6) is 0 Å². The molecule has 0 amide bonds. The lowest BCUT2D eigenvalue weighted by Crippen LogP contribution is -2.43. The third kappa shape index (κ3) is 7.80. The Balaban J connectivity index is 0.00000338. The number of hydrogen-bond acceptors (Lipinski definition) is 4. The number of sulfonamides is 1. The van der Waals surface area contributed by atoms with E-state index < -0.39 is 10.0 Å². The molecule has 0 atom stereocenters. The second kappa shape index (κ2) is 11.1. The first-order valence-corrected chi connectivity index (χ1v) is 10.0. The van der Waals surface area contributed by atoms with Crippen molar-refractivity contribution in [2.24, 2.45) is 18.0 Å². The van der Waals surface area contributed by atoms with Crippen molar-refractivity contribution >= 4 is 40.0 Å². The minimum atomic E-state index is -3.47. The highest BCUT2D eigenvalue weighted by Gasteiger charge is 2.21. The molecule has 1 saturated carbocycles. The number of hydrogen-bond donors (Lipinski definition) is 2. The Morgan fingerprint density at radius 2 is 2.15 bits per heavy atom. The fraction of sp³-hybridized carbons (Fsp3) is 0.688. The molecule has 1 aliphatic rings.